The molecule has 1 aromatic heterocycles. The van der Waals surface area contributed by atoms with Gasteiger partial charge in [0.05, 0.1) is 34.5 Å². The highest BCUT2D eigenvalue weighted by Crippen LogP contribution is 2.44. The molecule has 1 fully saturated rings. The van der Waals surface area contributed by atoms with Gasteiger partial charge in [-0.25, -0.2) is 14.2 Å². The number of hydrogen-bond acceptors (Lipinski definition) is 7. The van der Waals surface area contributed by atoms with Crippen molar-refractivity contribution in [2.75, 3.05) is 12.0 Å². The van der Waals surface area contributed by atoms with Crippen LogP contribution in [0, 0.1) is 5.82 Å². The summed E-state index contributed by atoms with van der Waals surface area (Å²) in [7, 11) is 1.26. The van der Waals surface area contributed by atoms with Crippen LogP contribution in [-0.4, -0.2) is 34.9 Å². The third-order valence-electron chi connectivity index (χ3n) is 5.75. The molecule has 1 unspecified atom stereocenters. The lowest BCUT2D eigenvalue weighted by Gasteiger charge is -2.23. The van der Waals surface area contributed by atoms with E-state index in [-0.39, 0.29) is 21.8 Å². The summed E-state index contributed by atoms with van der Waals surface area (Å²) in [5.74, 6) is -3.33. The number of carbonyl (C=O) groups excluding carboxylic acids is 3. The van der Waals surface area contributed by atoms with Crippen LogP contribution in [0.3, 0.4) is 0 Å². The highest BCUT2D eigenvalue weighted by Gasteiger charge is 2.48. The Morgan fingerprint density at radius 3 is 2.39 bits per heavy atom. The molecule has 1 N–H and O–H groups in total. The average Bonchev–Trinajstić information content (AvgIpc) is 3.41. The molecule has 1 saturated heterocycles. The van der Waals surface area contributed by atoms with Gasteiger partial charge in [0, 0.05) is 10.6 Å². The van der Waals surface area contributed by atoms with E-state index in [0.29, 0.717) is 20.8 Å². The molecule has 1 aliphatic rings. The summed E-state index contributed by atoms with van der Waals surface area (Å²) in [6.07, 6.45) is 0. The molecule has 10 heteroatoms. The second-order valence-electron chi connectivity index (χ2n) is 7.90. The van der Waals surface area contributed by atoms with Crippen LogP contribution in [0.25, 0.3) is 16.0 Å². The van der Waals surface area contributed by atoms with E-state index in [1.54, 1.807) is 30.3 Å². The number of ketones is 1. The fourth-order valence-corrected chi connectivity index (χ4v) is 5.29. The van der Waals surface area contributed by atoms with Crippen LogP contribution in [0.2, 0.25) is 5.02 Å². The fourth-order valence-electron chi connectivity index (χ4n) is 4.02. The van der Waals surface area contributed by atoms with Gasteiger partial charge in [-0.15, -0.1) is 0 Å². The Morgan fingerprint density at radius 1 is 1.06 bits per heavy atom. The zero-order valence-electron chi connectivity index (χ0n) is 18.6. The largest absolute Gasteiger partial charge is 0.507 e. The molecule has 4 aromatic rings. The molecule has 1 amide bonds. The normalized spacial score (nSPS) is 17.1. The number of methoxy groups -OCH3 is 1. The number of amides is 1. The van der Waals surface area contributed by atoms with Gasteiger partial charge in [0.15, 0.2) is 5.13 Å². The number of hydrogen-bond donors (Lipinski definition) is 1. The summed E-state index contributed by atoms with van der Waals surface area (Å²) in [6, 6.07) is 15.1. The smallest absolute Gasteiger partial charge is 0.337 e. The van der Waals surface area contributed by atoms with Gasteiger partial charge in [-0.1, -0.05) is 35.1 Å². The van der Waals surface area contributed by atoms with E-state index < -0.39 is 35.3 Å². The lowest BCUT2D eigenvalue weighted by Crippen LogP contribution is -2.29. The minimum atomic E-state index is -1.06. The van der Waals surface area contributed by atoms with Crippen molar-refractivity contribution in [1.82, 2.24) is 4.98 Å². The number of carbonyl (C=O) groups is 3. The topological polar surface area (TPSA) is 96.8 Å². The van der Waals surface area contributed by atoms with Gasteiger partial charge in [-0.2, -0.15) is 0 Å². The molecule has 7 nitrogen and oxygen atoms in total. The number of nitrogens with zero attached hydrogens (tertiary/aromatic N) is 2. The number of aliphatic hydroxyl groups is 1. The molecule has 3 aromatic carbocycles. The van der Waals surface area contributed by atoms with Crippen LogP contribution >= 0.6 is 22.9 Å². The monoisotopic (exact) mass is 522 g/mol. The lowest BCUT2D eigenvalue weighted by atomic mass is 9.95. The molecule has 0 bridgehead atoms. The third kappa shape index (κ3) is 4.02. The van der Waals surface area contributed by atoms with Crippen LogP contribution in [0.4, 0.5) is 9.52 Å². The SMILES string of the molecule is COC(=O)c1ccc(C2/C(=C(\O)c3ccc(F)cc3)C(=O)C(=O)N2c2nc3ccc(Cl)cc3s2)cc1. The molecule has 0 saturated carbocycles. The minimum Gasteiger partial charge on any atom is -0.507 e. The Balaban J connectivity index is 1.70. The van der Waals surface area contributed by atoms with Crippen molar-refractivity contribution in [1.29, 1.82) is 0 Å². The number of thiazole rings is 1. The Hall–Kier alpha value is -4.08. The van der Waals surface area contributed by atoms with E-state index in [9.17, 15) is 23.9 Å². The zero-order chi connectivity index (χ0) is 25.6. The predicted octanol–water partition coefficient (Wildman–Crippen LogP) is 5.50. The number of fused-ring (bicyclic) bond motifs is 1. The van der Waals surface area contributed by atoms with Gasteiger partial charge in [-0.05, 0) is 60.2 Å². The number of rotatable bonds is 4. The Morgan fingerprint density at radius 2 is 1.72 bits per heavy atom. The van der Waals surface area contributed by atoms with Gasteiger partial charge in [0.1, 0.15) is 11.6 Å². The summed E-state index contributed by atoms with van der Waals surface area (Å²) >= 11 is 7.26. The Bertz CT molecular complexity index is 1560. The van der Waals surface area contributed by atoms with E-state index in [0.717, 1.165) is 12.1 Å². The van der Waals surface area contributed by atoms with Crippen LogP contribution in [0.1, 0.15) is 27.5 Å². The summed E-state index contributed by atoms with van der Waals surface area (Å²) in [4.78, 5) is 44.2. The van der Waals surface area contributed by atoms with Gasteiger partial charge >= 0.3 is 11.9 Å². The van der Waals surface area contributed by atoms with Crippen molar-refractivity contribution >= 4 is 61.7 Å². The van der Waals surface area contributed by atoms with E-state index in [1.807, 2.05) is 0 Å². The summed E-state index contributed by atoms with van der Waals surface area (Å²) in [5, 5.41) is 11.8. The van der Waals surface area contributed by atoms with Gasteiger partial charge < -0.3 is 9.84 Å². The maximum absolute atomic E-state index is 13.5. The van der Waals surface area contributed by atoms with E-state index >= 15 is 0 Å². The van der Waals surface area contributed by atoms with Crippen molar-refractivity contribution in [3.05, 3.63) is 99.8 Å². The van der Waals surface area contributed by atoms with E-state index in [2.05, 4.69) is 4.98 Å². The number of halogens is 2. The first-order valence-electron chi connectivity index (χ1n) is 10.6. The first kappa shape index (κ1) is 23.7. The van der Waals surface area contributed by atoms with Crippen molar-refractivity contribution in [3.8, 4) is 0 Å². The fraction of sp³-hybridized carbons (Fsp3) is 0.0769. The first-order chi connectivity index (χ1) is 17.3. The zero-order valence-corrected chi connectivity index (χ0v) is 20.1. The molecule has 0 spiro atoms. The maximum Gasteiger partial charge on any atom is 0.337 e. The highest BCUT2D eigenvalue weighted by atomic mass is 35.5. The molecule has 1 aliphatic heterocycles. The van der Waals surface area contributed by atoms with Crippen molar-refractivity contribution < 1.29 is 28.6 Å². The van der Waals surface area contributed by atoms with E-state index in [1.165, 1.54) is 47.6 Å². The summed E-state index contributed by atoms with van der Waals surface area (Å²) in [6.45, 7) is 0. The molecular weight excluding hydrogens is 507 g/mol. The summed E-state index contributed by atoms with van der Waals surface area (Å²) in [5.41, 5.74) is 1.28. The van der Waals surface area contributed by atoms with Gasteiger partial charge in [0.2, 0.25) is 0 Å². The molecular formula is C26H16ClFN2O5S. The molecule has 1 atom stereocenters. The van der Waals surface area contributed by atoms with Crippen molar-refractivity contribution in [2.45, 2.75) is 6.04 Å². The number of benzene rings is 3. The standard InChI is InChI=1S/C26H16ClFN2O5S/c1-35-25(34)15-4-2-13(3-5-15)21-20(22(31)14-6-9-17(28)10-7-14)23(32)24(33)30(21)26-29-18-11-8-16(27)12-19(18)36-26/h2-12,21,31H,1H3/b22-20+. The number of esters is 1. The second kappa shape index (κ2) is 9.18. The first-order valence-corrected chi connectivity index (χ1v) is 11.8. The highest BCUT2D eigenvalue weighted by molar-refractivity contribution is 7.22. The summed E-state index contributed by atoms with van der Waals surface area (Å²) < 4.78 is 18.9. The van der Waals surface area contributed by atoms with Gasteiger partial charge in [-0.3, -0.25) is 14.5 Å². The van der Waals surface area contributed by atoms with Crippen LogP contribution in [0.15, 0.2) is 72.3 Å². The molecule has 0 aliphatic carbocycles. The predicted molar refractivity (Wildman–Crippen MR) is 134 cm³/mol. The third-order valence-corrected chi connectivity index (χ3v) is 7.01. The Labute approximate surface area is 213 Å². The lowest BCUT2D eigenvalue weighted by molar-refractivity contribution is -0.132. The second-order valence-corrected chi connectivity index (χ2v) is 9.34. The molecule has 0 radical (unpaired) electrons. The van der Waals surface area contributed by atoms with Crippen LogP contribution < -0.4 is 4.90 Å². The van der Waals surface area contributed by atoms with Crippen molar-refractivity contribution in [3.63, 3.8) is 0 Å². The maximum atomic E-state index is 13.5. The number of ether oxygens (including phenoxy) is 1. The van der Waals surface area contributed by atoms with Crippen LogP contribution in [-0.2, 0) is 14.3 Å². The number of aromatic nitrogens is 1. The molecule has 2 heterocycles. The van der Waals surface area contributed by atoms with Crippen LogP contribution in [0.5, 0.6) is 0 Å². The quantitative estimate of drug-likeness (QED) is 0.164. The molecule has 36 heavy (non-hydrogen) atoms. The Kier molecular flexibility index (Phi) is 6.03. The van der Waals surface area contributed by atoms with E-state index in [4.69, 9.17) is 16.3 Å². The minimum absolute atomic E-state index is 0.168. The number of aliphatic hydroxyl groups excluding tert-OH is 1. The number of anilines is 1. The van der Waals surface area contributed by atoms with Gasteiger partial charge in [0.25, 0.3) is 5.78 Å². The average molecular weight is 523 g/mol. The molecule has 180 valence electrons. The number of Topliss-reactive ketones (excluding diaryl/α,β-unsaturated/α-hetero) is 1. The van der Waals surface area contributed by atoms with Crippen molar-refractivity contribution in [2.24, 2.45) is 0 Å². The molecule has 5 rings (SSSR count).